The zero-order valence-electron chi connectivity index (χ0n) is 10.3. The monoisotopic (exact) mass is 310 g/mol. The molecule has 0 N–H and O–H groups in total. The Morgan fingerprint density at radius 2 is 2.00 bits per heavy atom. The topological polar surface area (TPSA) is 9.23 Å². The van der Waals surface area contributed by atoms with Gasteiger partial charge in [0, 0.05) is 9.79 Å². The van der Waals surface area contributed by atoms with E-state index >= 15 is 0 Å². The third-order valence-electron chi connectivity index (χ3n) is 3.21. The van der Waals surface area contributed by atoms with Gasteiger partial charge in [0.25, 0.3) is 0 Å². The van der Waals surface area contributed by atoms with Crippen LogP contribution in [-0.4, -0.2) is 7.11 Å². The molecule has 2 aromatic carbocycles. The van der Waals surface area contributed by atoms with Gasteiger partial charge in [-0.15, -0.1) is 11.6 Å². The first kappa shape index (κ1) is 13.2. The second-order valence-electron chi connectivity index (χ2n) is 4.41. The molecule has 0 amide bonds. The highest BCUT2D eigenvalue weighted by atomic mass is 35.5. The van der Waals surface area contributed by atoms with Crippen molar-refractivity contribution in [2.75, 3.05) is 7.11 Å². The summed E-state index contributed by atoms with van der Waals surface area (Å²) in [5.41, 5.74) is 2.35. The van der Waals surface area contributed by atoms with Crippen LogP contribution >= 0.6 is 35.0 Å². The lowest BCUT2D eigenvalue weighted by Crippen LogP contribution is -1.96. The molecule has 98 valence electrons. The third-order valence-corrected chi connectivity index (χ3v) is 5.09. The summed E-state index contributed by atoms with van der Waals surface area (Å²) in [7, 11) is 1.63. The van der Waals surface area contributed by atoms with Gasteiger partial charge in [-0.3, -0.25) is 0 Å². The molecule has 4 heteroatoms. The van der Waals surface area contributed by atoms with Crippen LogP contribution in [0.5, 0.6) is 5.75 Å². The number of hydrogen-bond acceptors (Lipinski definition) is 2. The van der Waals surface area contributed by atoms with Crippen molar-refractivity contribution in [3.8, 4) is 5.75 Å². The fraction of sp³-hybridized carbons (Fsp3) is 0.200. The van der Waals surface area contributed by atoms with Gasteiger partial charge in [0.2, 0.25) is 0 Å². The molecule has 3 rings (SSSR count). The van der Waals surface area contributed by atoms with Crippen molar-refractivity contribution >= 4 is 35.0 Å². The van der Waals surface area contributed by atoms with Crippen LogP contribution in [0.4, 0.5) is 0 Å². The Balaban J connectivity index is 2.14. The van der Waals surface area contributed by atoms with Crippen molar-refractivity contribution in [2.45, 2.75) is 21.6 Å². The smallest absolute Gasteiger partial charge is 0.138 e. The Morgan fingerprint density at radius 3 is 2.79 bits per heavy atom. The van der Waals surface area contributed by atoms with Gasteiger partial charge in [-0.05, 0) is 35.7 Å². The maximum Gasteiger partial charge on any atom is 0.138 e. The van der Waals surface area contributed by atoms with E-state index in [1.807, 2.05) is 24.3 Å². The van der Waals surface area contributed by atoms with E-state index in [-0.39, 0.29) is 5.38 Å². The van der Waals surface area contributed by atoms with Gasteiger partial charge in [0.05, 0.1) is 17.5 Å². The fourth-order valence-corrected chi connectivity index (χ4v) is 4.04. The number of methoxy groups -OCH3 is 1. The molecule has 0 radical (unpaired) electrons. The van der Waals surface area contributed by atoms with Crippen molar-refractivity contribution in [1.29, 1.82) is 0 Å². The van der Waals surface area contributed by atoms with E-state index in [1.165, 1.54) is 10.5 Å². The van der Waals surface area contributed by atoms with Crippen LogP contribution in [0.2, 0.25) is 5.02 Å². The van der Waals surface area contributed by atoms with Crippen LogP contribution in [0.15, 0.2) is 46.2 Å². The summed E-state index contributed by atoms with van der Waals surface area (Å²) in [6.45, 7) is 0. The van der Waals surface area contributed by atoms with Crippen molar-refractivity contribution in [3.05, 3.63) is 52.5 Å². The zero-order valence-corrected chi connectivity index (χ0v) is 12.6. The second kappa shape index (κ2) is 5.28. The first-order chi connectivity index (χ1) is 9.19. The van der Waals surface area contributed by atoms with E-state index in [9.17, 15) is 0 Å². The average Bonchev–Trinajstić information content (AvgIpc) is 2.54. The summed E-state index contributed by atoms with van der Waals surface area (Å²) in [5, 5.41) is 0.549. The standard InChI is InChI=1S/C15H12Cl2OS/c1-18-13-8-15-10(7-12(13)17)11(16)6-9-4-2-3-5-14(9)19-15/h2-5,7-8,11H,6H2,1H3. The molecule has 1 unspecified atom stereocenters. The molecule has 1 nitrogen and oxygen atoms in total. The van der Waals surface area contributed by atoms with E-state index in [0.717, 1.165) is 16.9 Å². The Kier molecular flexibility index (Phi) is 3.66. The normalized spacial score (nSPS) is 17.3. The number of fused-ring (bicyclic) bond motifs is 2. The van der Waals surface area contributed by atoms with E-state index in [0.29, 0.717) is 10.8 Å². The minimum absolute atomic E-state index is 0.0606. The highest BCUT2D eigenvalue weighted by Gasteiger charge is 2.22. The van der Waals surface area contributed by atoms with Gasteiger partial charge in [-0.25, -0.2) is 0 Å². The van der Waals surface area contributed by atoms with Crippen molar-refractivity contribution < 1.29 is 4.74 Å². The SMILES string of the molecule is COc1cc2c(cc1Cl)C(Cl)Cc1ccccc1S2. The van der Waals surface area contributed by atoms with E-state index in [1.54, 1.807) is 18.9 Å². The van der Waals surface area contributed by atoms with E-state index < -0.39 is 0 Å². The van der Waals surface area contributed by atoms with E-state index in [2.05, 4.69) is 12.1 Å². The average molecular weight is 311 g/mol. The summed E-state index contributed by atoms with van der Waals surface area (Å²) in [6.07, 6.45) is 0.820. The summed E-state index contributed by atoms with van der Waals surface area (Å²) in [4.78, 5) is 2.36. The van der Waals surface area contributed by atoms with Crippen molar-refractivity contribution in [1.82, 2.24) is 0 Å². The summed E-state index contributed by atoms with van der Waals surface area (Å²) < 4.78 is 5.29. The molecule has 1 aliphatic rings. The highest BCUT2D eigenvalue weighted by molar-refractivity contribution is 7.99. The minimum atomic E-state index is -0.0606. The van der Waals surface area contributed by atoms with Crippen LogP contribution in [0.25, 0.3) is 0 Å². The molecule has 19 heavy (non-hydrogen) atoms. The number of ether oxygens (including phenoxy) is 1. The lowest BCUT2D eigenvalue weighted by atomic mass is 10.0. The molecule has 0 saturated heterocycles. The van der Waals surface area contributed by atoms with Gasteiger partial charge in [0.1, 0.15) is 5.75 Å². The lowest BCUT2D eigenvalue weighted by molar-refractivity contribution is 0.413. The Bertz CT molecular complexity index is 628. The largest absolute Gasteiger partial charge is 0.495 e. The molecule has 1 aliphatic heterocycles. The van der Waals surface area contributed by atoms with Gasteiger partial charge in [0.15, 0.2) is 0 Å². The molecule has 0 saturated carbocycles. The van der Waals surface area contributed by atoms with Crippen LogP contribution in [-0.2, 0) is 6.42 Å². The molecule has 0 fully saturated rings. The van der Waals surface area contributed by atoms with Crippen LogP contribution in [0.3, 0.4) is 0 Å². The molecule has 0 aliphatic carbocycles. The maximum atomic E-state index is 6.53. The van der Waals surface area contributed by atoms with Crippen molar-refractivity contribution in [2.24, 2.45) is 0 Å². The molecular weight excluding hydrogens is 299 g/mol. The number of alkyl halides is 1. The highest BCUT2D eigenvalue weighted by Crippen LogP contribution is 2.46. The van der Waals surface area contributed by atoms with Crippen LogP contribution < -0.4 is 4.74 Å². The first-order valence-corrected chi connectivity index (χ1v) is 7.59. The van der Waals surface area contributed by atoms with Crippen LogP contribution in [0, 0.1) is 0 Å². The number of hydrogen-bond donors (Lipinski definition) is 0. The third kappa shape index (κ3) is 2.45. The quantitative estimate of drug-likeness (QED) is 0.658. The number of benzene rings is 2. The Labute approximate surface area is 126 Å². The molecule has 2 aromatic rings. The Morgan fingerprint density at radius 1 is 1.21 bits per heavy atom. The van der Waals surface area contributed by atoms with Gasteiger partial charge >= 0.3 is 0 Å². The lowest BCUT2D eigenvalue weighted by Gasteiger charge is -2.13. The minimum Gasteiger partial charge on any atom is -0.495 e. The van der Waals surface area contributed by atoms with Gasteiger partial charge in [-0.1, -0.05) is 41.6 Å². The molecule has 0 spiro atoms. The summed E-state index contributed by atoms with van der Waals surface area (Å²) in [5.74, 6) is 0.691. The van der Waals surface area contributed by atoms with Crippen LogP contribution in [0.1, 0.15) is 16.5 Å². The van der Waals surface area contributed by atoms with E-state index in [4.69, 9.17) is 27.9 Å². The molecular formula is C15H12Cl2OS. The predicted molar refractivity (Wildman–Crippen MR) is 80.9 cm³/mol. The molecule has 0 aromatic heterocycles. The zero-order chi connectivity index (χ0) is 13.4. The first-order valence-electron chi connectivity index (χ1n) is 5.96. The van der Waals surface area contributed by atoms with Crippen molar-refractivity contribution in [3.63, 3.8) is 0 Å². The molecule has 0 bridgehead atoms. The summed E-state index contributed by atoms with van der Waals surface area (Å²) in [6, 6.07) is 12.2. The Hall–Kier alpha value is -0.830. The number of rotatable bonds is 1. The fourth-order valence-electron chi connectivity index (χ4n) is 2.23. The summed E-state index contributed by atoms with van der Waals surface area (Å²) >= 11 is 14.5. The molecule has 1 atom stereocenters. The van der Waals surface area contributed by atoms with Gasteiger partial charge < -0.3 is 4.74 Å². The van der Waals surface area contributed by atoms with Gasteiger partial charge in [-0.2, -0.15) is 0 Å². The maximum absolute atomic E-state index is 6.53. The second-order valence-corrected chi connectivity index (χ2v) is 6.42. The predicted octanol–water partition coefficient (Wildman–Crippen LogP) is 5.34. The molecule has 1 heterocycles. The number of halogens is 2.